The van der Waals surface area contributed by atoms with Crippen LogP contribution in [0.2, 0.25) is 0 Å². The van der Waals surface area contributed by atoms with E-state index in [-0.39, 0.29) is 11.7 Å². The van der Waals surface area contributed by atoms with Crippen LogP contribution >= 0.6 is 23.1 Å². The van der Waals surface area contributed by atoms with Gasteiger partial charge in [-0.3, -0.25) is 9.36 Å². The Bertz CT molecular complexity index is 547. The van der Waals surface area contributed by atoms with E-state index >= 15 is 0 Å². The number of primary amides is 1. The van der Waals surface area contributed by atoms with Crippen LogP contribution in [0, 0.1) is 0 Å². The molecule has 2 N–H and O–H groups in total. The predicted molar refractivity (Wildman–Crippen MR) is 73.5 cm³/mol. The number of thiophene rings is 1. The summed E-state index contributed by atoms with van der Waals surface area (Å²) < 4.78 is 1.92. The SMILES string of the molecule is C=CCn1c(SCC(N)=O)nnc1-c1cccs1. The fourth-order valence-electron chi connectivity index (χ4n) is 1.41. The minimum Gasteiger partial charge on any atom is -0.369 e. The van der Waals surface area contributed by atoms with Gasteiger partial charge in [-0.2, -0.15) is 0 Å². The normalized spacial score (nSPS) is 10.4. The molecular weight excluding hydrogens is 268 g/mol. The molecule has 0 aromatic carbocycles. The van der Waals surface area contributed by atoms with Crippen molar-refractivity contribution in [3.8, 4) is 10.7 Å². The first-order valence-electron chi connectivity index (χ1n) is 5.21. The Morgan fingerprint density at radius 2 is 2.44 bits per heavy atom. The molecule has 94 valence electrons. The van der Waals surface area contributed by atoms with Crippen molar-refractivity contribution in [3.05, 3.63) is 30.2 Å². The van der Waals surface area contributed by atoms with Crippen LogP contribution < -0.4 is 5.73 Å². The van der Waals surface area contributed by atoms with E-state index in [1.807, 2.05) is 22.1 Å². The van der Waals surface area contributed by atoms with E-state index in [0.29, 0.717) is 11.7 Å². The number of carbonyl (C=O) groups excluding carboxylic acids is 1. The second-order valence-electron chi connectivity index (χ2n) is 3.44. The minimum absolute atomic E-state index is 0.194. The maximum Gasteiger partial charge on any atom is 0.227 e. The molecule has 0 unspecified atom stereocenters. The third kappa shape index (κ3) is 2.80. The Hall–Kier alpha value is -1.60. The van der Waals surface area contributed by atoms with E-state index in [4.69, 9.17) is 5.73 Å². The van der Waals surface area contributed by atoms with Gasteiger partial charge in [-0.1, -0.05) is 23.9 Å². The van der Waals surface area contributed by atoms with E-state index < -0.39 is 0 Å². The fourth-order valence-corrected chi connectivity index (χ4v) is 2.82. The van der Waals surface area contributed by atoms with Crippen molar-refractivity contribution in [2.24, 2.45) is 5.73 Å². The number of nitrogens with two attached hydrogens (primary N) is 1. The molecule has 2 rings (SSSR count). The number of carbonyl (C=O) groups is 1. The molecule has 5 nitrogen and oxygen atoms in total. The summed E-state index contributed by atoms with van der Waals surface area (Å²) in [6, 6.07) is 3.94. The van der Waals surface area contributed by atoms with Crippen molar-refractivity contribution < 1.29 is 4.79 Å². The van der Waals surface area contributed by atoms with Gasteiger partial charge in [-0.15, -0.1) is 28.1 Å². The number of hydrogen-bond donors (Lipinski definition) is 1. The van der Waals surface area contributed by atoms with Crippen molar-refractivity contribution in [1.82, 2.24) is 14.8 Å². The summed E-state index contributed by atoms with van der Waals surface area (Å²) >= 11 is 2.88. The molecule has 0 aliphatic carbocycles. The third-order valence-corrected chi connectivity index (χ3v) is 3.97. The van der Waals surface area contributed by atoms with Gasteiger partial charge in [0.1, 0.15) is 0 Å². The van der Waals surface area contributed by atoms with E-state index in [1.54, 1.807) is 17.4 Å². The van der Waals surface area contributed by atoms with Crippen LogP contribution in [0.25, 0.3) is 10.7 Å². The zero-order valence-corrected chi connectivity index (χ0v) is 11.2. The number of thioether (sulfide) groups is 1. The lowest BCUT2D eigenvalue weighted by Crippen LogP contribution is -2.13. The topological polar surface area (TPSA) is 73.8 Å². The van der Waals surface area contributed by atoms with Crippen molar-refractivity contribution in [2.45, 2.75) is 11.7 Å². The van der Waals surface area contributed by atoms with Crippen LogP contribution in [0.5, 0.6) is 0 Å². The van der Waals surface area contributed by atoms with Gasteiger partial charge in [0.2, 0.25) is 5.91 Å². The van der Waals surface area contributed by atoms with Crippen molar-refractivity contribution in [1.29, 1.82) is 0 Å². The van der Waals surface area contributed by atoms with Gasteiger partial charge in [0, 0.05) is 6.54 Å². The quantitative estimate of drug-likeness (QED) is 0.646. The highest BCUT2D eigenvalue weighted by Crippen LogP contribution is 2.27. The zero-order valence-electron chi connectivity index (χ0n) is 9.57. The highest BCUT2D eigenvalue weighted by atomic mass is 32.2. The summed E-state index contributed by atoms with van der Waals surface area (Å²) in [5.74, 6) is 0.613. The molecule has 0 aliphatic rings. The zero-order chi connectivity index (χ0) is 13.0. The number of aromatic nitrogens is 3. The van der Waals surface area contributed by atoms with Crippen LogP contribution in [0.4, 0.5) is 0 Å². The van der Waals surface area contributed by atoms with Gasteiger partial charge >= 0.3 is 0 Å². The molecule has 18 heavy (non-hydrogen) atoms. The van der Waals surface area contributed by atoms with E-state index in [9.17, 15) is 4.79 Å². The van der Waals surface area contributed by atoms with Crippen LogP contribution in [0.1, 0.15) is 0 Å². The maximum atomic E-state index is 10.8. The second kappa shape index (κ2) is 5.83. The monoisotopic (exact) mass is 280 g/mol. The summed E-state index contributed by atoms with van der Waals surface area (Å²) in [7, 11) is 0. The summed E-state index contributed by atoms with van der Waals surface area (Å²) in [4.78, 5) is 11.8. The molecule has 1 amide bonds. The molecule has 0 aliphatic heterocycles. The number of rotatable bonds is 6. The average Bonchev–Trinajstić information content (AvgIpc) is 2.95. The molecule has 7 heteroatoms. The standard InChI is InChI=1S/C11H12N4OS2/c1-2-5-15-10(8-4-3-6-17-8)13-14-11(15)18-7-9(12)16/h2-4,6H,1,5,7H2,(H2,12,16). The molecule has 0 bridgehead atoms. The number of amides is 1. The van der Waals surface area contributed by atoms with Crippen LogP contribution in [-0.2, 0) is 11.3 Å². The van der Waals surface area contributed by atoms with Gasteiger partial charge in [0.15, 0.2) is 11.0 Å². The first kappa shape index (κ1) is 12.8. The Kier molecular flexibility index (Phi) is 4.16. The highest BCUT2D eigenvalue weighted by Gasteiger charge is 2.14. The first-order valence-corrected chi connectivity index (χ1v) is 7.08. The summed E-state index contributed by atoms with van der Waals surface area (Å²) in [6.45, 7) is 4.32. The lowest BCUT2D eigenvalue weighted by Gasteiger charge is -2.05. The smallest absolute Gasteiger partial charge is 0.227 e. The minimum atomic E-state index is -0.370. The fraction of sp³-hybridized carbons (Fsp3) is 0.182. The van der Waals surface area contributed by atoms with E-state index in [0.717, 1.165) is 10.7 Å². The lowest BCUT2D eigenvalue weighted by molar-refractivity contribution is -0.115. The van der Waals surface area contributed by atoms with Crippen molar-refractivity contribution in [3.63, 3.8) is 0 Å². The van der Waals surface area contributed by atoms with E-state index in [1.165, 1.54) is 11.8 Å². The van der Waals surface area contributed by atoms with E-state index in [2.05, 4.69) is 16.8 Å². The van der Waals surface area contributed by atoms with Gasteiger partial charge < -0.3 is 5.73 Å². The molecule has 2 aromatic rings. The molecule has 0 saturated carbocycles. The summed E-state index contributed by atoms with van der Waals surface area (Å²) in [5.41, 5.74) is 5.13. The molecule has 0 spiro atoms. The Labute approximate surface area is 113 Å². The molecular formula is C11H12N4OS2. The average molecular weight is 280 g/mol. The van der Waals surface area contributed by atoms with Gasteiger partial charge in [-0.05, 0) is 11.4 Å². The Morgan fingerprint density at radius 1 is 1.61 bits per heavy atom. The van der Waals surface area contributed by atoms with Crippen LogP contribution in [-0.4, -0.2) is 26.4 Å². The molecule has 0 fully saturated rings. The largest absolute Gasteiger partial charge is 0.369 e. The maximum absolute atomic E-state index is 10.8. The summed E-state index contributed by atoms with van der Waals surface area (Å²) in [6.07, 6.45) is 1.77. The summed E-state index contributed by atoms with van der Waals surface area (Å²) in [5, 5.41) is 10.9. The van der Waals surface area contributed by atoms with Gasteiger partial charge in [-0.25, -0.2) is 0 Å². The van der Waals surface area contributed by atoms with Crippen molar-refractivity contribution >= 4 is 29.0 Å². The van der Waals surface area contributed by atoms with Crippen LogP contribution in [0.15, 0.2) is 35.3 Å². The van der Waals surface area contributed by atoms with Gasteiger partial charge in [0.25, 0.3) is 0 Å². The lowest BCUT2D eigenvalue weighted by atomic mass is 10.4. The molecule has 0 atom stereocenters. The van der Waals surface area contributed by atoms with Gasteiger partial charge in [0.05, 0.1) is 10.6 Å². The number of allylic oxidation sites excluding steroid dienone is 1. The molecule has 0 saturated heterocycles. The first-order chi connectivity index (χ1) is 8.72. The molecule has 0 radical (unpaired) electrons. The van der Waals surface area contributed by atoms with Crippen molar-refractivity contribution in [2.75, 3.05) is 5.75 Å². The number of nitrogens with zero attached hydrogens (tertiary/aromatic N) is 3. The van der Waals surface area contributed by atoms with Crippen LogP contribution in [0.3, 0.4) is 0 Å². The molecule has 2 heterocycles. The Balaban J connectivity index is 2.31. The Morgan fingerprint density at radius 3 is 3.06 bits per heavy atom. The number of hydrogen-bond acceptors (Lipinski definition) is 5. The third-order valence-electron chi connectivity index (χ3n) is 2.11. The second-order valence-corrected chi connectivity index (χ2v) is 5.33. The predicted octanol–water partition coefficient (Wildman–Crippen LogP) is 1.77. The highest BCUT2D eigenvalue weighted by molar-refractivity contribution is 7.99. The molecule has 2 aromatic heterocycles.